The lowest BCUT2D eigenvalue weighted by Gasteiger charge is -2.06. The van der Waals surface area contributed by atoms with E-state index in [0.29, 0.717) is 5.82 Å². The number of para-hydroxylation sites is 1. The minimum atomic E-state index is 0.660. The van der Waals surface area contributed by atoms with Gasteiger partial charge in [-0.15, -0.1) is 11.3 Å². The van der Waals surface area contributed by atoms with Crippen LogP contribution in [0.25, 0.3) is 25.8 Å². The third kappa shape index (κ3) is 2.56. The topological polar surface area (TPSA) is 43.8 Å². The van der Waals surface area contributed by atoms with E-state index < -0.39 is 0 Å². The summed E-state index contributed by atoms with van der Waals surface area (Å²) in [4.78, 5) is 5.65. The minimum absolute atomic E-state index is 0.660. The number of anilines is 1. The first-order valence-electron chi connectivity index (χ1n) is 7.64. The van der Waals surface area contributed by atoms with Crippen LogP contribution in [0.1, 0.15) is 12.5 Å². The molecule has 0 saturated carbocycles. The maximum Gasteiger partial charge on any atom is 0.168 e. The first kappa shape index (κ1) is 15.5. The zero-order valence-corrected chi connectivity index (χ0v) is 15.5. The maximum absolute atomic E-state index is 6.43. The van der Waals surface area contributed by atoms with E-state index in [2.05, 4.69) is 37.3 Å². The van der Waals surface area contributed by atoms with Crippen molar-refractivity contribution in [3.63, 3.8) is 0 Å². The standard InChI is InChI=1S/C18H15N3S3/c1-2-11-7-9-12(10-8-11)21-16(19)15(24-18(21)22)17-20-13-5-3-4-6-14(13)23-17/h3-10H,2,19H2,1H3. The number of nitrogen functional groups attached to an aromatic ring is 1. The second kappa shape index (κ2) is 6.12. The van der Waals surface area contributed by atoms with Gasteiger partial charge in [-0.05, 0) is 48.5 Å². The maximum atomic E-state index is 6.43. The molecule has 0 saturated heterocycles. The van der Waals surface area contributed by atoms with Gasteiger partial charge in [-0.2, -0.15) is 0 Å². The van der Waals surface area contributed by atoms with Crippen molar-refractivity contribution in [1.29, 1.82) is 0 Å². The van der Waals surface area contributed by atoms with Crippen LogP contribution in [-0.4, -0.2) is 9.55 Å². The van der Waals surface area contributed by atoms with Crippen molar-refractivity contribution in [1.82, 2.24) is 9.55 Å². The number of hydrogen-bond donors (Lipinski definition) is 1. The van der Waals surface area contributed by atoms with Crippen LogP contribution < -0.4 is 5.73 Å². The number of fused-ring (bicyclic) bond motifs is 1. The van der Waals surface area contributed by atoms with Gasteiger partial charge in [0.2, 0.25) is 0 Å². The number of rotatable bonds is 3. The van der Waals surface area contributed by atoms with Crippen molar-refractivity contribution in [2.75, 3.05) is 5.73 Å². The molecule has 0 unspecified atom stereocenters. The first-order chi connectivity index (χ1) is 11.7. The summed E-state index contributed by atoms with van der Waals surface area (Å²) in [6, 6.07) is 16.5. The molecule has 0 spiro atoms. The molecule has 0 aliphatic rings. The molecule has 0 aliphatic carbocycles. The molecule has 3 nitrogen and oxygen atoms in total. The third-order valence-corrected chi connectivity index (χ3v) is 6.52. The highest BCUT2D eigenvalue weighted by molar-refractivity contribution is 7.73. The molecule has 0 bridgehead atoms. The van der Waals surface area contributed by atoms with Gasteiger partial charge >= 0.3 is 0 Å². The molecule has 0 atom stereocenters. The fourth-order valence-electron chi connectivity index (χ4n) is 2.63. The average molecular weight is 370 g/mol. The summed E-state index contributed by atoms with van der Waals surface area (Å²) in [5.41, 5.74) is 9.72. The van der Waals surface area contributed by atoms with Gasteiger partial charge in [0.25, 0.3) is 0 Å². The molecule has 24 heavy (non-hydrogen) atoms. The first-order valence-corrected chi connectivity index (χ1v) is 9.68. The Balaban J connectivity index is 1.85. The van der Waals surface area contributed by atoms with E-state index in [-0.39, 0.29) is 0 Å². The van der Waals surface area contributed by atoms with E-state index in [1.165, 1.54) is 16.9 Å². The summed E-state index contributed by atoms with van der Waals surface area (Å²) < 4.78 is 3.83. The second-order valence-corrected chi connectivity index (χ2v) is 8.10. The van der Waals surface area contributed by atoms with Crippen molar-refractivity contribution in [2.24, 2.45) is 0 Å². The number of benzene rings is 2. The van der Waals surface area contributed by atoms with Gasteiger partial charge in [-0.3, -0.25) is 4.57 Å². The van der Waals surface area contributed by atoms with Gasteiger partial charge in [-0.1, -0.05) is 42.5 Å². The highest BCUT2D eigenvalue weighted by atomic mass is 32.1. The average Bonchev–Trinajstić information content (AvgIpc) is 3.15. The summed E-state index contributed by atoms with van der Waals surface area (Å²) in [6.07, 6.45) is 1.02. The number of nitrogens with two attached hydrogens (primary N) is 1. The normalized spacial score (nSPS) is 11.2. The Morgan fingerprint density at radius 2 is 1.83 bits per heavy atom. The minimum Gasteiger partial charge on any atom is -0.383 e. The lowest BCUT2D eigenvalue weighted by molar-refractivity contribution is 1.07. The van der Waals surface area contributed by atoms with Crippen LogP contribution in [0.3, 0.4) is 0 Å². The lowest BCUT2D eigenvalue weighted by atomic mass is 10.1. The summed E-state index contributed by atoms with van der Waals surface area (Å²) in [5, 5.41) is 0.925. The summed E-state index contributed by atoms with van der Waals surface area (Å²) in [5.74, 6) is 0.660. The van der Waals surface area contributed by atoms with Gasteiger partial charge in [0.1, 0.15) is 15.7 Å². The van der Waals surface area contributed by atoms with Crippen molar-refractivity contribution >= 4 is 50.9 Å². The number of aryl methyl sites for hydroxylation is 1. The van der Waals surface area contributed by atoms with E-state index in [4.69, 9.17) is 22.9 Å². The van der Waals surface area contributed by atoms with Gasteiger partial charge < -0.3 is 5.73 Å². The van der Waals surface area contributed by atoms with E-state index >= 15 is 0 Å². The zero-order chi connectivity index (χ0) is 16.7. The number of thiazole rings is 2. The van der Waals surface area contributed by atoms with E-state index in [1.807, 2.05) is 22.8 Å². The summed E-state index contributed by atoms with van der Waals surface area (Å²) in [7, 11) is 0. The van der Waals surface area contributed by atoms with Gasteiger partial charge in [-0.25, -0.2) is 4.98 Å². The fraction of sp³-hybridized carbons (Fsp3) is 0.111. The molecule has 2 N–H and O–H groups in total. The Kier molecular flexibility index (Phi) is 3.96. The molecule has 4 aromatic rings. The highest BCUT2D eigenvalue weighted by Gasteiger charge is 2.16. The smallest absolute Gasteiger partial charge is 0.168 e. The van der Waals surface area contributed by atoms with E-state index in [9.17, 15) is 0 Å². The lowest BCUT2D eigenvalue weighted by Crippen LogP contribution is -2.00. The number of hydrogen-bond acceptors (Lipinski definition) is 5. The van der Waals surface area contributed by atoms with Crippen molar-refractivity contribution in [2.45, 2.75) is 13.3 Å². The molecular formula is C18H15N3S3. The molecule has 2 aromatic carbocycles. The summed E-state index contributed by atoms with van der Waals surface area (Å²) in [6.45, 7) is 2.14. The van der Waals surface area contributed by atoms with Crippen LogP contribution in [0.2, 0.25) is 0 Å². The van der Waals surface area contributed by atoms with Gasteiger partial charge in [0.15, 0.2) is 3.95 Å². The molecule has 0 aliphatic heterocycles. The quantitative estimate of drug-likeness (QED) is 0.472. The fourth-order valence-corrected chi connectivity index (χ4v) is 5.05. The van der Waals surface area contributed by atoms with Crippen molar-refractivity contribution < 1.29 is 0 Å². The van der Waals surface area contributed by atoms with Crippen molar-refractivity contribution in [3.8, 4) is 15.6 Å². The zero-order valence-electron chi connectivity index (χ0n) is 13.0. The molecule has 0 amide bonds. The Bertz CT molecular complexity index is 1040. The summed E-state index contributed by atoms with van der Waals surface area (Å²) >= 11 is 8.73. The SMILES string of the molecule is CCc1ccc(-n2c(N)c(-c3nc4ccccc4s3)sc2=S)cc1. The second-order valence-electron chi connectivity index (χ2n) is 5.42. The monoisotopic (exact) mass is 369 g/mol. The predicted octanol–water partition coefficient (Wildman–Crippen LogP) is 5.69. The van der Waals surface area contributed by atoms with Crippen LogP contribution in [0, 0.1) is 3.95 Å². The van der Waals surface area contributed by atoms with Crippen LogP contribution in [0.15, 0.2) is 48.5 Å². The van der Waals surface area contributed by atoms with Crippen molar-refractivity contribution in [3.05, 3.63) is 58.0 Å². The molecule has 0 radical (unpaired) electrons. The predicted molar refractivity (Wildman–Crippen MR) is 107 cm³/mol. The Hall–Kier alpha value is -2.02. The molecule has 0 fully saturated rings. The van der Waals surface area contributed by atoms with Gasteiger partial charge in [0, 0.05) is 5.69 Å². The third-order valence-electron chi connectivity index (χ3n) is 3.94. The van der Waals surface area contributed by atoms with Crippen LogP contribution >= 0.6 is 34.9 Å². The largest absolute Gasteiger partial charge is 0.383 e. The van der Waals surface area contributed by atoms with E-state index in [0.717, 1.165) is 36.2 Å². The molecule has 120 valence electrons. The number of aromatic nitrogens is 2. The Labute approximate surface area is 153 Å². The van der Waals surface area contributed by atoms with Crippen LogP contribution in [0.4, 0.5) is 5.82 Å². The Morgan fingerprint density at radius 1 is 1.08 bits per heavy atom. The molecule has 6 heteroatoms. The molecular weight excluding hydrogens is 354 g/mol. The molecule has 2 aromatic heterocycles. The Morgan fingerprint density at radius 3 is 2.54 bits per heavy atom. The molecule has 4 rings (SSSR count). The van der Waals surface area contributed by atoms with Crippen LogP contribution in [0.5, 0.6) is 0 Å². The van der Waals surface area contributed by atoms with Gasteiger partial charge in [0.05, 0.1) is 10.2 Å². The van der Waals surface area contributed by atoms with Crippen LogP contribution in [-0.2, 0) is 6.42 Å². The molecule has 2 heterocycles. The van der Waals surface area contributed by atoms with E-state index in [1.54, 1.807) is 11.3 Å². The number of nitrogens with zero attached hydrogens (tertiary/aromatic N) is 2. The highest BCUT2D eigenvalue weighted by Crippen LogP contribution is 2.39.